The minimum Gasteiger partial charge on any atom is -0.339 e. The molecular weight excluding hydrogens is 328 g/mol. The molecule has 2 rings (SSSR count). The van der Waals surface area contributed by atoms with Crippen LogP contribution in [0.1, 0.15) is 19.4 Å². The number of nitrogens with two attached hydrogens (primary N) is 1. The smallest absolute Gasteiger partial charge is 0.321 e. The van der Waals surface area contributed by atoms with Crippen molar-refractivity contribution >= 4 is 30.0 Å². The Morgan fingerprint density at radius 1 is 1.12 bits per heavy atom. The van der Waals surface area contributed by atoms with Crippen LogP contribution in [0.15, 0.2) is 24.3 Å². The summed E-state index contributed by atoms with van der Waals surface area (Å²) in [7, 11) is 0. The van der Waals surface area contributed by atoms with Crippen molar-refractivity contribution in [1.82, 2.24) is 9.80 Å². The van der Waals surface area contributed by atoms with Crippen molar-refractivity contribution in [3.63, 3.8) is 0 Å². The zero-order valence-electron chi connectivity index (χ0n) is 14.5. The molecule has 1 fully saturated rings. The topological polar surface area (TPSA) is 78.7 Å². The van der Waals surface area contributed by atoms with Gasteiger partial charge < -0.3 is 20.9 Å². The first-order valence-electron chi connectivity index (χ1n) is 8.05. The van der Waals surface area contributed by atoms with E-state index in [4.69, 9.17) is 5.73 Å². The van der Waals surface area contributed by atoms with Crippen LogP contribution in [0.4, 0.5) is 10.5 Å². The summed E-state index contributed by atoms with van der Waals surface area (Å²) in [6, 6.07) is 7.42. The average Bonchev–Trinajstić information content (AvgIpc) is 2.53. The number of hydrogen-bond acceptors (Lipinski definition) is 3. The third kappa shape index (κ3) is 5.11. The number of urea groups is 1. The van der Waals surface area contributed by atoms with E-state index in [0.29, 0.717) is 26.2 Å². The Bertz CT molecular complexity index is 571. The van der Waals surface area contributed by atoms with E-state index in [0.717, 1.165) is 11.3 Å². The van der Waals surface area contributed by atoms with Gasteiger partial charge in [-0.1, -0.05) is 19.1 Å². The number of nitrogens with zero attached hydrogens (tertiary/aromatic N) is 2. The van der Waals surface area contributed by atoms with Crippen molar-refractivity contribution in [3.8, 4) is 0 Å². The number of nitrogens with one attached hydrogen (secondary N) is 1. The molecule has 1 aliphatic rings. The van der Waals surface area contributed by atoms with E-state index in [1.807, 2.05) is 45.0 Å². The maximum atomic E-state index is 12.3. The van der Waals surface area contributed by atoms with Crippen LogP contribution in [0, 0.1) is 12.8 Å². The van der Waals surface area contributed by atoms with Crippen LogP contribution in [0.3, 0.4) is 0 Å². The molecule has 1 heterocycles. The quantitative estimate of drug-likeness (QED) is 0.872. The molecular formula is C17H27ClN4O2. The summed E-state index contributed by atoms with van der Waals surface area (Å²) in [6.07, 6.45) is 0. The molecule has 1 aromatic rings. The predicted octanol–water partition coefficient (Wildman–Crippen LogP) is 2.08. The zero-order valence-corrected chi connectivity index (χ0v) is 15.3. The maximum absolute atomic E-state index is 12.3. The molecule has 1 aromatic carbocycles. The average molecular weight is 355 g/mol. The van der Waals surface area contributed by atoms with Crippen molar-refractivity contribution < 1.29 is 9.59 Å². The van der Waals surface area contributed by atoms with Gasteiger partial charge in [-0.25, -0.2) is 4.79 Å². The molecule has 134 valence electrons. The molecule has 3 amide bonds. The summed E-state index contributed by atoms with van der Waals surface area (Å²) < 4.78 is 0. The molecule has 2 atom stereocenters. The van der Waals surface area contributed by atoms with E-state index in [1.54, 1.807) is 9.80 Å². The van der Waals surface area contributed by atoms with Crippen molar-refractivity contribution in [2.75, 3.05) is 31.5 Å². The number of anilines is 1. The molecule has 0 aromatic heterocycles. The number of hydrogen-bond donors (Lipinski definition) is 2. The second-order valence-corrected chi connectivity index (χ2v) is 6.26. The molecule has 0 bridgehead atoms. The molecule has 7 heteroatoms. The molecule has 0 saturated carbocycles. The van der Waals surface area contributed by atoms with Crippen molar-refractivity contribution in [2.24, 2.45) is 11.7 Å². The lowest BCUT2D eigenvalue weighted by atomic mass is 10.0. The van der Waals surface area contributed by atoms with Crippen LogP contribution in [0.25, 0.3) is 0 Å². The number of carbonyl (C=O) groups excluding carboxylic acids is 2. The molecule has 0 radical (unpaired) electrons. The lowest BCUT2D eigenvalue weighted by molar-refractivity contribution is -0.136. The molecule has 3 N–H and O–H groups in total. The number of rotatable bonds is 3. The maximum Gasteiger partial charge on any atom is 0.321 e. The van der Waals surface area contributed by atoms with Gasteiger partial charge in [0, 0.05) is 37.9 Å². The molecule has 6 nitrogen and oxygen atoms in total. The van der Waals surface area contributed by atoms with Gasteiger partial charge in [0.2, 0.25) is 5.91 Å². The number of piperazine rings is 1. The van der Waals surface area contributed by atoms with Gasteiger partial charge in [-0.15, -0.1) is 12.4 Å². The highest BCUT2D eigenvalue weighted by Crippen LogP contribution is 2.13. The lowest BCUT2D eigenvalue weighted by Gasteiger charge is -2.36. The third-order valence-corrected chi connectivity index (χ3v) is 4.33. The summed E-state index contributed by atoms with van der Waals surface area (Å²) in [5.74, 6) is -0.124. The van der Waals surface area contributed by atoms with Gasteiger partial charge in [0.15, 0.2) is 0 Å². The van der Waals surface area contributed by atoms with Crippen LogP contribution in [-0.2, 0) is 4.79 Å². The number of amides is 3. The molecule has 24 heavy (non-hydrogen) atoms. The fraction of sp³-hybridized carbons (Fsp3) is 0.529. The van der Waals surface area contributed by atoms with E-state index >= 15 is 0 Å². The minimum atomic E-state index is -0.192. The van der Waals surface area contributed by atoms with E-state index in [1.165, 1.54) is 0 Å². The molecule has 2 unspecified atom stereocenters. The first kappa shape index (κ1) is 20.3. The van der Waals surface area contributed by atoms with E-state index in [-0.39, 0.29) is 36.3 Å². The van der Waals surface area contributed by atoms with Gasteiger partial charge in [-0.2, -0.15) is 0 Å². The van der Waals surface area contributed by atoms with Crippen LogP contribution < -0.4 is 11.1 Å². The normalized spacial score (nSPS) is 16.8. The fourth-order valence-corrected chi connectivity index (χ4v) is 2.57. The number of benzene rings is 1. The Labute approximate surface area is 149 Å². The van der Waals surface area contributed by atoms with Crippen molar-refractivity contribution in [1.29, 1.82) is 0 Å². The predicted molar refractivity (Wildman–Crippen MR) is 98.4 cm³/mol. The van der Waals surface area contributed by atoms with Crippen molar-refractivity contribution in [2.45, 2.75) is 26.8 Å². The SMILES string of the molecule is Cc1cccc(NC(=O)N2CCN(C(=O)C(C)C(C)N)CC2)c1.Cl. The summed E-state index contributed by atoms with van der Waals surface area (Å²) in [5, 5.41) is 2.90. The van der Waals surface area contributed by atoms with Gasteiger partial charge in [0.05, 0.1) is 5.92 Å². The van der Waals surface area contributed by atoms with Crippen molar-refractivity contribution in [3.05, 3.63) is 29.8 Å². The highest BCUT2D eigenvalue weighted by molar-refractivity contribution is 5.89. The highest BCUT2D eigenvalue weighted by Gasteiger charge is 2.28. The number of carbonyl (C=O) groups is 2. The monoisotopic (exact) mass is 354 g/mol. The van der Waals surface area contributed by atoms with E-state index in [2.05, 4.69) is 5.32 Å². The van der Waals surface area contributed by atoms with Gasteiger partial charge in [0.25, 0.3) is 0 Å². The Morgan fingerprint density at radius 3 is 2.25 bits per heavy atom. The van der Waals surface area contributed by atoms with Gasteiger partial charge in [-0.3, -0.25) is 4.79 Å². The lowest BCUT2D eigenvalue weighted by Crippen LogP contribution is -2.54. The van der Waals surface area contributed by atoms with Crippen LogP contribution >= 0.6 is 12.4 Å². The van der Waals surface area contributed by atoms with Gasteiger partial charge >= 0.3 is 6.03 Å². The van der Waals surface area contributed by atoms with Gasteiger partial charge in [0.1, 0.15) is 0 Å². The first-order chi connectivity index (χ1) is 10.9. The summed E-state index contributed by atoms with van der Waals surface area (Å²) >= 11 is 0. The van der Waals surface area contributed by atoms with E-state index < -0.39 is 0 Å². The van der Waals surface area contributed by atoms with Crippen LogP contribution in [-0.4, -0.2) is 54.0 Å². The molecule has 0 aliphatic carbocycles. The Hall–Kier alpha value is -1.79. The molecule has 1 aliphatic heterocycles. The zero-order chi connectivity index (χ0) is 17.0. The highest BCUT2D eigenvalue weighted by atomic mass is 35.5. The Morgan fingerprint density at radius 2 is 1.71 bits per heavy atom. The standard InChI is InChI=1S/C17H26N4O2.ClH/c1-12-5-4-6-15(11-12)19-17(23)21-9-7-20(8-10-21)16(22)13(2)14(3)18;/h4-6,11,13-14H,7-10,18H2,1-3H3,(H,19,23);1H. The third-order valence-electron chi connectivity index (χ3n) is 4.33. The van der Waals surface area contributed by atoms with Crippen LogP contribution in [0.5, 0.6) is 0 Å². The van der Waals surface area contributed by atoms with Gasteiger partial charge in [-0.05, 0) is 31.5 Å². The second kappa shape index (κ2) is 8.89. The fourth-order valence-electron chi connectivity index (χ4n) is 2.57. The van der Waals surface area contributed by atoms with Crippen LogP contribution in [0.2, 0.25) is 0 Å². The summed E-state index contributed by atoms with van der Waals surface area (Å²) in [6.45, 7) is 7.86. The van der Waals surface area contributed by atoms with E-state index in [9.17, 15) is 9.59 Å². The Balaban J connectivity index is 0.00000288. The largest absolute Gasteiger partial charge is 0.339 e. The second-order valence-electron chi connectivity index (χ2n) is 6.26. The molecule has 1 saturated heterocycles. The summed E-state index contributed by atoms with van der Waals surface area (Å²) in [5.41, 5.74) is 7.69. The number of halogens is 1. The number of aryl methyl sites for hydroxylation is 1. The first-order valence-corrected chi connectivity index (χ1v) is 8.05. The summed E-state index contributed by atoms with van der Waals surface area (Å²) in [4.78, 5) is 28.1. The Kier molecular flexibility index (Phi) is 7.51. The minimum absolute atomic E-state index is 0. The molecule has 0 spiro atoms.